The zero-order valence-corrected chi connectivity index (χ0v) is 18.5. The molecule has 0 saturated heterocycles. The van der Waals surface area contributed by atoms with E-state index in [1.807, 2.05) is 79.9 Å². The molecule has 0 spiro atoms. The number of benzene rings is 3. The number of aryl methyl sites for hydroxylation is 3. The van der Waals surface area contributed by atoms with Gasteiger partial charge < -0.3 is 14.6 Å². The number of carbonyl (C=O) groups excluding carboxylic acids is 1. The first kappa shape index (κ1) is 20.9. The van der Waals surface area contributed by atoms with Gasteiger partial charge in [0.25, 0.3) is 0 Å². The van der Waals surface area contributed by atoms with E-state index in [-0.39, 0.29) is 19.1 Å². The van der Waals surface area contributed by atoms with Crippen LogP contribution in [0.25, 0.3) is 11.0 Å². The topological polar surface area (TPSA) is 56.2 Å². The Morgan fingerprint density at radius 3 is 2.52 bits per heavy atom. The summed E-state index contributed by atoms with van der Waals surface area (Å²) in [5.74, 6) is 1.28. The van der Waals surface area contributed by atoms with Gasteiger partial charge in [0.15, 0.2) is 0 Å². The Bertz CT molecular complexity index is 1240. The van der Waals surface area contributed by atoms with Crippen LogP contribution in [0.1, 0.15) is 22.5 Å². The number of aromatic nitrogens is 2. The van der Waals surface area contributed by atoms with Crippen LogP contribution in [0, 0.1) is 20.8 Å². The predicted octanol–water partition coefficient (Wildman–Crippen LogP) is 5.83. The summed E-state index contributed by atoms with van der Waals surface area (Å²) in [6.07, 6.45) is 0. The molecule has 0 aliphatic rings. The minimum absolute atomic E-state index is 0.114. The minimum Gasteiger partial charge on any atom is -0.486 e. The fraction of sp³-hybridized carbons (Fsp3) is 0.200. The van der Waals surface area contributed by atoms with Crippen molar-refractivity contribution in [3.8, 4) is 5.75 Å². The molecule has 4 rings (SSSR count). The highest BCUT2D eigenvalue weighted by molar-refractivity contribution is 6.31. The molecule has 0 unspecified atom stereocenters. The number of nitrogens with one attached hydrogen (secondary N) is 1. The van der Waals surface area contributed by atoms with Gasteiger partial charge in [-0.25, -0.2) is 4.98 Å². The highest BCUT2D eigenvalue weighted by atomic mass is 35.5. The average Bonchev–Trinajstić information content (AvgIpc) is 3.05. The largest absolute Gasteiger partial charge is 0.486 e. The third-order valence-electron chi connectivity index (χ3n) is 5.04. The van der Waals surface area contributed by atoms with Gasteiger partial charge in [0, 0.05) is 10.7 Å². The Kier molecular flexibility index (Phi) is 5.96. The molecule has 1 amide bonds. The van der Waals surface area contributed by atoms with Gasteiger partial charge in [-0.15, -0.1) is 0 Å². The average molecular weight is 434 g/mol. The lowest BCUT2D eigenvalue weighted by Crippen LogP contribution is -2.21. The van der Waals surface area contributed by atoms with Crippen LogP contribution in [0.3, 0.4) is 0 Å². The van der Waals surface area contributed by atoms with Crippen LogP contribution >= 0.6 is 11.6 Å². The molecular formula is C25H24ClN3O2. The van der Waals surface area contributed by atoms with Gasteiger partial charge in [0.05, 0.1) is 11.0 Å². The van der Waals surface area contributed by atoms with E-state index in [0.29, 0.717) is 16.6 Å². The van der Waals surface area contributed by atoms with Gasteiger partial charge in [-0.2, -0.15) is 0 Å². The molecule has 158 valence electrons. The molecule has 1 heterocycles. The predicted molar refractivity (Wildman–Crippen MR) is 125 cm³/mol. The van der Waals surface area contributed by atoms with Crippen molar-refractivity contribution in [2.75, 3.05) is 5.32 Å². The van der Waals surface area contributed by atoms with Gasteiger partial charge in [-0.1, -0.05) is 29.8 Å². The standard InChI is InChI=1S/C25H24ClN3O2/c1-16-10-17(2)12-19(11-16)27-25(30)14-29-23-7-5-4-6-22(23)28-24(29)15-31-20-8-9-21(26)18(3)13-20/h4-13H,14-15H2,1-3H3,(H,27,30). The maximum absolute atomic E-state index is 12.8. The molecule has 0 fully saturated rings. The van der Waals surface area contributed by atoms with E-state index in [2.05, 4.69) is 16.4 Å². The second-order valence-electron chi connectivity index (χ2n) is 7.73. The Morgan fingerprint density at radius 2 is 1.77 bits per heavy atom. The van der Waals surface area contributed by atoms with Gasteiger partial charge >= 0.3 is 0 Å². The van der Waals surface area contributed by atoms with E-state index in [1.54, 1.807) is 0 Å². The molecule has 5 nitrogen and oxygen atoms in total. The van der Waals surface area contributed by atoms with Crippen LogP contribution in [-0.2, 0) is 17.9 Å². The van der Waals surface area contributed by atoms with Gasteiger partial charge in [-0.3, -0.25) is 4.79 Å². The molecule has 0 radical (unpaired) electrons. The van der Waals surface area contributed by atoms with Crippen LogP contribution in [0.15, 0.2) is 60.7 Å². The lowest BCUT2D eigenvalue weighted by molar-refractivity contribution is -0.116. The number of hydrogen-bond acceptors (Lipinski definition) is 3. The molecule has 0 aliphatic heterocycles. The first-order valence-corrected chi connectivity index (χ1v) is 10.5. The molecule has 1 aromatic heterocycles. The number of nitrogens with zero attached hydrogens (tertiary/aromatic N) is 2. The number of fused-ring (bicyclic) bond motifs is 1. The fourth-order valence-corrected chi connectivity index (χ4v) is 3.78. The zero-order chi connectivity index (χ0) is 22.0. The van der Waals surface area contributed by atoms with E-state index in [0.717, 1.165) is 33.4 Å². The highest BCUT2D eigenvalue weighted by Gasteiger charge is 2.15. The summed E-state index contributed by atoms with van der Waals surface area (Å²) in [6.45, 7) is 6.35. The molecule has 0 bridgehead atoms. The molecule has 1 N–H and O–H groups in total. The van der Waals surface area contributed by atoms with Crippen molar-refractivity contribution in [1.82, 2.24) is 9.55 Å². The quantitative estimate of drug-likeness (QED) is 0.416. The lowest BCUT2D eigenvalue weighted by Gasteiger charge is -2.12. The second-order valence-corrected chi connectivity index (χ2v) is 8.13. The molecular weight excluding hydrogens is 410 g/mol. The summed E-state index contributed by atoms with van der Waals surface area (Å²) in [6, 6.07) is 19.3. The van der Waals surface area contributed by atoms with Crippen molar-refractivity contribution in [2.45, 2.75) is 33.9 Å². The van der Waals surface area contributed by atoms with Crippen molar-refractivity contribution < 1.29 is 9.53 Å². The highest BCUT2D eigenvalue weighted by Crippen LogP contribution is 2.23. The van der Waals surface area contributed by atoms with Crippen molar-refractivity contribution in [1.29, 1.82) is 0 Å². The summed E-state index contributed by atoms with van der Waals surface area (Å²) < 4.78 is 7.85. The minimum atomic E-state index is -0.114. The molecule has 4 aromatic rings. The zero-order valence-electron chi connectivity index (χ0n) is 17.8. The first-order chi connectivity index (χ1) is 14.9. The molecule has 0 saturated carbocycles. The number of halogens is 1. The van der Waals surface area contributed by atoms with E-state index in [9.17, 15) is 4.79 Å². The number of anilines is 1. The fourth-order valence-electron chi connectivity index (χ4n) is 3.66. The SMILES string of the molecule is Cc1cc(C)cc(NC(=O)Cn2c(COc3ccc(Cl)c(C)c3)nc3ccccc32)c1. The van der Waals surface area contributed by atoms with Gasteiger partial charge in [0.1, 0.15) is 24.7 Å². The number of hydrogen-bond donors (Lipinski definition) is 1. The summed E-state index contributed by atoms with van der Waals surface area (Å²) in [7, 11) is 0. The van der Waals surface area contributed by atoms with E-state index in [1.165, 1.54) is 0 Å². The maximum atomic E-state index is 12.8. The summed E-state index contributed by atoms with van der Waals surface area (Å²) >= 11 is 6.10. The van der Waals surface area contributed by atoms with E-state index in [4.69, 9.17) is 16.3 Å². The van der Waals surface area contributed by atoms with Crippen molar-refractivity contribution in [3.63, 3.8) is 0 Å². The smallest absolute Gasteiger partial charge is 0.244 e. The van der Waals surface area contributed by atoms with Crippen LogP contribution < -0.4 is 10.1 Å². The molecule has 0 atom stereocenters. The van der Waals surface area contributed by atoms with E-state index >= 15 is 0 Å². The summed E-state index contributed by atoms with van der Waals surface area (Å²) in [5, 5.41) is 3.70. The molecule has 0 aliphatic carbocycles. The number of imidazole rings is 1. The number of rotatable bonds is 6. The molecule has 6 heteroatoms. The maximum Gasteiger partial charge on any atom is 0.244 e. The summed E-state index contributed by atoms with van der Waals surface area (Å²) in [4.78, 5) is 17.5. The van der Waals surface area contributed by atoms with Gasteiger partial charge in [-0.05, 0) is 79.9 Å². The number of carbonyl (C=O) groups is 1. The third kappa shape index (κ3) is 4.89. The Hall–Kier alpha value is -3.31. The Morgan fingerprint density at radius 1 is 1.03 bits per heavy atom. The molecule has 3 aromatic carbocycles. The number of ether oxygens (including phenoxy) is 1. The van der Waals surface area contributed by atoms with Crippen LogP contribution in [0.2, 0.25) is 5.02 Å². The third-order valence-corrected chi connectivity index (χ3v) is 5.46. The first-order valence-electron chi connectivity index (χ1n) is 10.1. The Balaban J connectivity index is 1.57. The van der Waals surface area contributed by atoms with Crippen LogP contribution in [-0.4, -0.2) is 15.5 Å². The monoisotopic (exact) mass is 433 g/mol. The van der Waals surface area contributed by atoms with Crippen molar-refractivity contribution in [3.05, 3.63) is 88.2 Å². The van der Waals surface area contributed by atoms with Crippen molar-refractivity contribution in [2.24, 2.45) is 0 Å². The van der Waals surface area contributed by atoms with Gasteiger partial charge in [0.2, 0.25) is 5.91 Å². The van der Waals surface area contributed by atoms with Crippen LogP contribution in [0.5, 0.6) is 5.75 Å². The van der Waals surface area contributed by atoms with Crippen LogP contribution in [0.4, 0.5) is 5.69 Å². The molecule has 31 heavy (non-hydrogen) atoms. The lowest BCUT2D eigenvalue weighted by atomic mass is 10.1. The Labute approximate surface area is 186 Å². The normalized spacial score (nSPS) is 11.0. The summed E-state index contributed by atoms with van der Waals surface area (Å²) in [5.41, 5.74) is 5.67. The van der Waals surface area contributed by atoms with Crippen molar-refractivity contribution >= 4 is 34.2 Å². The number of amides is 1. The second kappa shape index (κ2) is 8.82. The van der Waals surface area contributed by atoms with E-state index < -0.39 is 0 Å². The number of para-hydroxylation sites is 2.